The topological polar surface area (TPSA) is 86.5 Å². The number of rotatable bonds is 4. The lowest BCUT2D eigenvalue weighted by Gasteiger charge is -2.42. The minimum Gasteiger partial charge on any atom is -0.481 e. The van der Waals surface area contributed by atoms with Gasteiger partial charge in [0.05, 0.1) is 23.9 Å². The van der Waals surface area contributed by atoms with Gasteiger partial charge in [-0.05, 0) is 12.8 Å². The van der Waals surface area contributed by atoms with E-state index in [-0.39, 0.29) is 6.54 Å². The summed E-state index contributed by atoms with van der Waals surface area (Å²) < 4.78 is 12.8. The molecule has 0 saturated carbocycles. The lowest BCUT2D eigenvalue weighted by Crippen LogP contribution is -2.55. The average molecular weight is 283 g/mol. The number of piperidine rings is 1. The van der Waals surface area contributed by atoms with Crippen LogP contribution in [-0.2, 0) is 4.79 Å². The van der Waals surface area contributed by atoms with Gasteiger partial charge in [0.1, 0.15) is 0 Å². The molecule has 6 nitrogen and oxygen atoms in total. The summed E-state index contributed by atoms with van der Waals surface area (Å²) in [6.45, 7) is 2.46. The summed E-state index contributed by atoms with van der Waals surface area (Å²) in [7, 11) is 0. The van der Waals surface area contributed by atoms with Gasteiger partial charge in [-0.25, -0.2) is 14.4 Å². The largest absolute Gasteiger partial charge is 0.481 e. The van der Waals surface area contributed by atoms with Crippen LogP contribution in [-0.4, -0.2) is 45.3 Å². The summed E-state index contributed by atoms with van der Waals surface area (Å²) in [5.41, 5.74) is -1.11. The Kier molecular flexibility index (Phi) is 4.17. The van der Waals surface area contributed by atoms with Gasteiger partial charge in [-0.2, -0.15) is 0 Å². The molecule has 2 atom stereocenters. The van der Waals surface area contributed by atoms with Crippen LogP contribution in [0.3, 0.4) is 0 Å². The van der Waals surface area contributed by atoms with Crippen molar-refractivity contribution in [1.29, 1.82) is 0 Å². The molecule has 2 rings (SSSR count). The third kappa shape index (κ3) is 2.58. The van der Waals surface area contributed by atoms with Gasteiger partial charge in [-0.15, -0.1) is 0 Å². The number of carboxylic acid groups (broad SMARTS) is 1. The van der Waals surface area contributed by atoms with Gasteiger partial charge in [-0.3, -0.25) is 4.79 Å². The van der Waals surface area contributed by atoms with E-state index in [0.29, 0.717) is 31.8 Å². The van der Waals surface area contributed by atoms with Crippen molar-refractivity contribution in [2.24, 2.45) is 5.41 Å². The first-order chi connectivity index (χ1) is 9.49. The molecule has 0 unspecified atom stereocenters. The first-order valence-electron chi connectivity index (χ1n) is 6.63. The third-order valence-corrected chi connectivity index (χ3v) is 3.87. The minimum absolute atomic E-state index is 0.137. The smallest absolute Gasteiger partial charge is 0.312 e. The van der Waals surface area contributed by atoms with Gasteiger partial charge < -0.3 is 15.1 Å². The van der Waals surface area contributed by atoms with Crippen LogP contribution < -0.4 is 4.90 Å². The number of carboxylic acids is 1. The molecule has 0 radical (unpaired) electrons. The molecule has 2 heterocycles. The van der Waals surface area contributed by atoms with Gasteiger partial charge in [0.25, 0.3) is 0 Å². The summed E-state index contributed by atoms with van der Waals surface area (Å²) in [5, 5.41) is 19.7. The standard InChI is InChI=1S/C13H18FN3O3/c1-2-3-13(11(19)20)4-5-17(8-10(13)18)12-15-6-9(14)7-16-12/h6-7,10,18H,2-5,8H2,1H3,(H,19,20)/t10-,13+/m1/s1. The van der Waals surface area contributed by atoms with Crippen LogP contribution in [0.15, 0.2) is 12.4 Å². The number of hydrogen-bond acceptors (Lipinski definition) is 5. The summed E-state index contributed by atoms with van der Waals surface area (Å²) in [6, 6.07) is 0. The monoisotopic (exact) mass is 283 g/mol. The van der Waals surface area contributed by atoms with E-state index in [2.05, 4.69) is 9.97 Å². The molecular weight excluding hydrogens is 265 g/mol. The average Bonchev–Trinajstić information content (AvgIpc) is 2.42. The third-order valence-electron chi connectivity index (χ3n) is 3.87. The molecule has 1 saturated heterocycles. The number of anilines is 1. The van der Waals surface area contributed by atoms with Crippen LogP contribution in [0.25, 0.3) is 0 Å². The maximum Gasteiger partial charge on any atom is 0.312 e. The highest BCUT2D eigenvalue weighted by molar-refractivity contribution is 5.76. The van der Waals surface area contributed by atoms with E-state index in [1.54, 1.807) is 4.90 Å². The second-order valence-electron chi connectivity index (χ2n) is 5.12. The molecule has 0 amide bonds. The normalized spacial score (nSPS) is 26.6. The molecular formula is C13H18FN3O3. The number of aliphatic hydroxyl groups is 1. The zero-order chi connectivity index (χ0) is 14.8. The van der Waals surface area contributed by atoms with Crippen LogP contribution in [0, 0.1) is 11.2 Å². The lowest BCUT2D eigenvalue weighted by atomic mass is 9.73. The summed E-state index contributed by atoms with van der Waals surface area (Å²) in [4.78, 5) is 20.9. The molecule has 1 aliphatic rings. The van der Waals surface area contributed by atoms with E-state index < -0.39 is 23.3 Å². The highest BCUT2D eigenvalue weighted by Gasteiger charge is 2.48. The van der Waals surface area contributed by atoms with E-state index in [9.17, 15) is 19.4 Å². The lowest BCUT2D eigenvalue weighted by molar-refractivity contribution is -0.159. The van der Waals surface area contributed by atoms with Crippen molar-refractivity contribution in [3.05, 3.63) is 18.2 Å². The van der Waals surface area contributed by atoms with Gasteiger partial charge >= 0.3 is 5.97 Å². The highest BCUT2D eigenvalue weighted by Crippen LogP contribution is 2.37. The van der Waals surface area contributed by atoms with E-state index in [4.69, 9.17) is 0 Å². The van der Waals surface area contributed by atoms with Crippen LogP contribution in [0.4, 0.5) is 10.3 Å². The predicted molar refractivity (Wildman–Crippen MR) is 69.8 cm³/mol. The van der Waals surface area contributed by atoms with Crippen LogP contribution in [0.2, 0.25) is 0 Å². The van der Waals surface area contributed by atoms with Crippen molar-refractivity contribution in [2.45, 2.75) is 32.3 Å². The predicted octanol–water partition coefficient (Wildman–Crippen LogP) is 1.06. The Balaban J connectivity index is 2.15. The fourth-order valence-corrected chi connectivity index (χ4v) is 2.72. The minimum atomic E-state index is -1.11. The van der Waals surface area contributed by atoms with Crippen molar-refractivity contribution < 1.29 is 19.4 Å². The van der Waals surface area contributed by atoms with Gasteiger partial charge in [0, 0.05) is 13.1 Å². The second kappa shape index (κ2) is 5.70. The van der Waals surface area contributed by atoms with E-state index in [1.807, 2.05) is 6.92 Å². The second-order valence-corrected chi connectivity index (χ2v) is 5.12. The van der Waals surface area contributed by atoms with E-state index in [0.717, 1.165) is 12.4 Å². The molecule has 1 fully saturated rings. The quantitative estimate of drug-likeness (QED) is 0.859. The number of β-amino-alcohol motifs (C(OH)–C–C–N with tert-alkyl or cyclic N) is 1. The number of nitrogens with zero attached hydrogens (tertiary/aromatic N) is 3. The van der Waals surface area contributed by atoms with Gasteiger partial charge in [-0.1, -0.05) is 13.3 Å². The molecule has 20 heavy (non-hydrogen) atoms. The number of aromatic nitrogens is 2. The van der Waals surface area contributed by atoms with Gasteiger partial charge in [0.15, 0.2) is 5.82 Å². The number of aliphatic hydroxyl groups excluding tert-OH is 1. The van der Waals surface area contributed by atoms with Crippen molar-refractivity contribution in [1.82, 2.24) is 9.97 Å². The Morgan fingerprint density at radius 2 is 2.20 bits per heavy atom. The summed E-state index contributed by atoms with van der Waals surface area (Å²) >= 11 is 0. The molecule has 0 aliphatic carbocycles. The molecule has 0 aromatic carbocycles. The molecule has 2 N–H and O–H groups in total. The summed E-state index contributed by atoms with van der Waals surface area (Å²) in [6.07, 6.45) is 2.55. The van der Waals surface area contributed by atoms with Crippen LogP contribution >= 0.6 is 0 Å². The van der Waals surface area contributed by atoms with E-state index in [1.165, 1.54) is 0 Å². The van der Waals surface area contributed by atoms with Crippen molar-refractivity contribution in [2.75, 3.05) is 18.0 Å². The number of aliphatic carboxylic acids is 1. The number of hydrogen-bond donors (Lipinski definition) is 2. The van der Waals surface area contributed by atoms with E-state index >= 15 is 0 Å². The maximum absolute atomic E-state index is 12.8. The van der Waals surface area contributed by atoms with Crippen LogP contribution in [0.1, 0.15) is 26.2 Å². The van der Waals surface area contributed by atoms with Crippen LogP contribution in [0.5, 0.6) is 0 Å². The Morgan fingerprint density at radius 3 is 2.70 bits per heavy atom. The first kappa shape index (κ1) is 14.6. The Hall–Kier alpha value is -1.76. The Morgan fingerprint density at radius 1 is 1.55 bits per heavy atom. The Labute approximate surface area is 116 Å². The number of carbonyl (C=O) groups is 1. The Bertz CT molecular complexity index is 482. The molecule has 1 aromatic heterocycles. The SMILES string of the molecule is CCC[C@]1(C(=O)O)CCN(c2ncc(F)cn2)C[C@H]1O. The molecule has 110 valence electrons. The van der Waals surface area contributed by atoms with Crippen molar-refractivity contribution >= 4 is 11.9 Å². The molecule has 0 spiro atoms. The van der Waals surface area contributed by atoms with Gasteiger partial charge in [0.2, 0.25) is 5.95 Å². The fourth-order valence-electron chi connectivity index (χ4n) is 2.72. The molecule has 1 aliphatic heterocycles. The molecule has 7 heteroatoms. The maximum atomic E-state index is 12.8. The first-order valence-corrected chi connectivity index (χ1v) is 6.63. The zero-order valence-electron chi connectivity index (χ0n) is 11.3. The number of halogens is 1. The zero-order valence-corrected chi connectivity index (χ0v) is 11.3. The highest BCUT2D eigenvalue weighted by atomic mass is 19.1. The van der Waals surface area contributed by atoms with Crippen molar-refractivity contribution in [3.8, 4) is 0 Å². The molecule has 1 aromatic rings. The van der Waals surface area contributed by atoms with Crippen molar-refractivity contribution in [3.63, 3.8) is 0 Å². The fraction of sp³-hybridized carbons (Fsp3) is 0.615. The molecule has 0 bridgehead atoms. The summed E-state index contributed by atoms with van der Waals surface area (Å²) in [5.74, 6) is -1.19.